The van der Waals surface area contributed by atoms with Gasteiger partial charge in [-0.1, -0.05) is 30.3 Å². The van der Waals surface area contributed by atoms with E-state index >= 15 is 0 Å². The Morgan fingerprint density at radius 2 is 1.89 bits per heavy atom. The summed E-state index contributed by atoms with van der Waals surface area (Å²) >= 11 is 2.22. The van der Waals surface area contributed by atoms with Crippen LogP contribution < -0.4 is 0 Å². The third-order valence-electron chi connectivity index (χ3n) is 3.09. The van der Waals surface area contributed by atoms with Crippen LogP contribution in [0.25, 0.3) is 0 Å². The van der Waals surface area contributed by atoms with Crippen molar-refractivity contribution < 1.29 is 4.79 Å². The molecule has 0 atom stereocenters. The molecule has 0 unspecified atom stereocenters. The maximum absolute atomic E-state index is 12.3. The van der Waals surface area contributed by atoms with Gasteiger partial charge in [-0.15, -0.1) is 0 Å². The van der Waals surface area contributed by atoms with Crippen LogP contribution in [0.2, 0.25) is 0 Å². The van der Waals surface area contributed by atoms with Crippen molar-refractivity contribution in [2.75, 3.05) is 7.05 Å². The minimum atomic E-state index is 0.0572. The molecule has 1 amide bonds. The number of aryl methyl sites for hydroxylation is 1. The van der Waals surface area contributed by atoms with Crippen molar-refractivity contribution in [2.24, 2.45) is 0 Å². The van der Waals surface area contributed by atoms with Crippen LogP contribution in [0, 0.1) is 10.5 Å². The SMILES string of the molecule is Cc1ccccc1CN(C)C(=O)c1cccc(I)c1. The van der Waals surface area contributed by atoms with Crippen LogP contribution in [0.3, 0.4) is 0 Å². The molecule has 0 heterocycles. The Labute approximate surface area is 127 Å². The summed E-state index contributed by atoms with van der Waals surface area (Å²) in [6.45, 7) is 2.70. The maximum Gasteiger partial charge on any atom is 0.253 e. The summed E-state index contributed by atoms with van der Waals surface area (Å²) in [5.74, 6) is 0.0572. The van der Waals surface area contributed by atoms with Crippen LogP contribution in [0.5, 0.6) is 0 Å². The third-order valence-corrected chi connectivity index (χ3v) is 3.76. The first-order valence-corrected chi connectivity index (χ1v) is 7.21. The van der Waals surface area contributed by atoms with E-state index in [-0.39, 0.29) is 5.91 Å². The molecule has 98 valence electrons. The number of amides is 1. The lowest BCUT2D eigenvalue weighted by molar-refractivity contribution is 0.0785. The van der Waals surface area contributed by atoms with Crippen LogP contribution in [-0.2, 0) is 6.54 Å². The maximum atomic E-state index is 12.3. The quantitative estimate of drug-likeness (QED) is 0.757. The van der Waals surface area contributed by atoms with Gasteiger partial charge in [0.1, 0.15) is 0 Å². The normalized spacial score (nSPS) is 10.3. The van der Waals surface area contributed by atoms with Crippen molar-refractivity contribution in [1.29, 1.82) is 0 Å². The molecule has 0 bridgehead atoms. The standard InChI is InChI=1S/C16H16INO/c1-12-6-3-4-7-14(12)11-18(2)16(19)13-8-5-9-15(17)10-13/h3-10H,11H2,1-2H3. The highest BCUT2D eigenvalue weighted by Gasteiger charge is 2.12. The first-order chi connectivity index (χ1) is 9.08. The molecule has 0 radical (unpaired) electrons. The van der Waals surface area contributed by atoms with E-state index in [1.807, 2.05) is 43.4 Å². The zero-order chi connectivity index (χ0) is 13.8. The zero-order valence-electron chi connectivity index (χ0n) is 11.1. The van der Waals surface area contributed by atoms with Crippen molar-refractivity contribution in [1.82, 2.24) is 4.90 Å². The molecule has 2 aromatic carbocycles. The minimum absolute atomic E-state index is 0.0572. The highest BCUT2D eigenvalue weighted by atomic mass is 127. The number of nitrogens with zero attached hydrogens (tertiary/aromatic N) is 1. The van der Waals surface area contributed by atoms with E-state index in [9.17, 15) is 4.79 Å². The second kappa shape index (κ2) is 6.19. The minimum Gasteiger partial charge on any atom is -0.337 e. The fourth-order valence-electron chi connectivity index (χ4n) is 1.96. The molecule has 0 spiro atoms. The van der Waals surface area contributed by atoms with E-state index in [0.717, 1.165) is 9.13 Å². The molecule has 0 saturated carbocycles. The summed E-state index contributed by atoms with van der Waals surface area (Å²) in [6.07, 6.45) is 0. The van der Waals surface area contributed by atoms with Gasteiger partial charge in [-0.05, 0) is 58.8 Å². The van der Waals surface area contributed by atoms with Crippen molar-refractivity contribution in [2.45, 2.75) is 13.5 Å². The third kappa shape index (κ3) is 3.56. The fourth-order valence-corrected chi connectivity index (χ4v) is 2.50. The molecule has 0 aliphatic carbocycles. The Morgan fingerprint density at radius 1 is 1.16 bits per heavy atom. The van der Waals surface area contributed by atoms with Gasteiger partial charge in [0.05, 0.1) is 0 Å². The number of rotatable bonds is 3. The molecule has 0 aromatic heterocycles. The zero-order valence-corrected chi connectivity index (χ0v) is 13.2. The Bertz CT molecular complexity index is 595. The molecule has 19 heavy (non-hydrogen) atoms. The number of hydrogen-bond donors (Lipinski definition) is 0. The number of benzene rings is 2. The van der Waals surface area contributed by atoms with E-state index in [0.29, 0.717) is 6.54 Å². The first kappa shape index (κ1) is 14.1. The van der Waals surface area contributed by atoms with Crippen LogP contribution in [0.1, 0.15) is 21.5 Å². The van der Waals surface area contributed by atoms with Gasteiger partial charge in [-0.2, -0.15) is 0 Å². The Kier molecular flexibility index (Phi) is 4.58. The van der Waals surface area contributed by atoms with E-state index in [2.05, 4.69) is 41.6 Å². The summed E-state index contributed by atoms with van der Waals surface area (Å²) in [7, 11) is 1.84. The predicted molar refractivity (Wildman–Crippen MR) is 86.1 cm³/mol. The second-order valence-electron chi connectivity index (χ2n) is 4.60. The number of hydrogen-bond acceptors (Lipinski definition) is 1. The molecule has 2 aromatic rings. The van der Waals surface area contributed by atoms with Gasteiger partial charge < -0.3 is 4.90 Å². The van der Waals surface area contributed by atoms with Crippen LogP contribution in [-0.4, -0.2) is 17.9 Å². The molecule has 0 fully saturated rings. The van der Waals surface area contributed by atoms with E-state index in [4.69, 9.17) is 0 Å². The molecule has 2 rings (SSSR count). The fraction of sp³-hybridized carbons (Fsp3) is 0.188. The second-order valence-corrected chi connectivity index (χ2v) is 5.84. The highest BCUT2D eigenvalue weighted by molar-refractivity contribution is 14.1. The number of halogens is 1. The van der Waals surface area contributed by atoms with Gasteiger partial charge in [0.2, 0.25) is 0 Å². The van der Waals surface area contributed by atoms with Crippen molar-refractivity contribution in [3.8, 4) is 0 Å². The molecular formula is C16H16INO. The summed E-state index contributed by atoms with van der Waals surface area (Å²) in [6, 6.07) is 15.8. The summed E-state index contributed by atoms with van der Waals surface area (Å²) < 4.78 is 1.08. The molecule has 2 nitrogen and oxygen atoms in total. The molecule has 0 N–H and O–H groups in total. The molecule has 3 heteroatoms. The number of carbonyl (C=O) groups excluding carboxylic acids is 1. The van der Waals surface area contributed by atoms with Crippen LogP contribution in [0.15, 0.2) is 48.5 Å². The molecular weight excluding hydrogens is 349 g/mol. The van der Waals surface area contributed by atoms with Gasteiger partial charge in [0, 0.05) is 22.7 Å². The molecule has 0 aliphatic rings. The average Bonchev–Trinajstić information content (AvgIpc) is 2.40. The Hall–Kier alpha value is -1.36. The van der Waals surface area contributed by atoms with E-state index in [1.165, 1.54) is 11.1 Å². The Balaban J connectivity index is 2.14. The van der Waals surface area contributed by atoms with Gasteiger partial charge >= 0.3 is 0 Å². The molecule has 0 aliphatic heterocycles. The van der Waals surface area contributed by atoms with E-state index in [1.54, 1.807) is 4.90 Å². The molecule has 0 saturated heterocycles. The first-order valence-electron chi connectivity index (χ1n) is 6.13. The highest BCUT2D eigenvalue weighted by Crippen LogP contribution is 2.13. The van der Waals surface area contributed by atoms with Crippen molar-refractivity contribution in [3.63, 3.8) is 0 Å². The van der Waals surface area contributed by atoms with Gasteiger partial charge in [-0.25, -0.2) is 0 Å². The lowest BCUT2D eigenvalue weighted by Crippen LogP contribution is -2.26. The van der Waals surface area contributed by atoms with Gasteiger partial charge in [0.15, 0.2) is 0 Å². The topological polar surface area (TPSA) is 20.3 Å². The van der Waals surface area contributed by atoms with Crippen LogP contribution in [0.4, 0.5) is 0 Å². The lowest BCUT2D eigenvalue weighted by atomic mass is 10.1. The smallest absolute Gasteiger partial charge is 0.253 e. The van der Waals surface area contributed by atoms with Crippen molar-refractivity contribution >= 4 is 28.5 Å². The Morgan fingerprint density at radius 3 is 2.58 bits per heavy atom. The largest absolute Gasteiger partial charge is 0.337 e. The van der Waals surface area contributed by atoms with Gasteiger partial charge in [-0.3, -0.25) is 4.79 Å². The predicted octanol–water partition coefficient (Wildman–Crippen LogP) is 3.87. The van der Waals surface area contributed by atoms with Crippen molar-refractivity contribution in [3.05, 3.63) is 68.8 Å². The van der Waals surface area contributed by atoms with Crippen LogP contribution >= 0.6 is 22.6 Å². The van der Waals surface area contributed by atoms with E-state index < -0.39 is 0 Å². The summed E-state index contributed by atoms with van der Waals surface area (Å²) in [4.78, 5) is 14.1. The monoisotopic (exact) mass is 365 g/mol. The number of carbonyl (C=O) groups is 1. The average molecular weight is 365 g/mol. The van der Waals surface area contributed by atoms with Gasteiger partial charge in [0.25, 0.3) is 5.91 Å². The summed E-state index contributed by atoms with van der Waals surface area (Å²) in [5, 5.41) is 0. The lowest BCUT2D eigenvalue weighted by Gasteiger charge is -2.18. The summed E-state index contributed by atoms with van der Waals surface area (Å²) in [5.41, 5.74) is 3.14.